The fraction of sp³-hybridized carbons (Fsp3) is 0.261. The van der Waals surface area contributed by atoms with Crippen molar-refractivity contribution in [1.29, 1.82) is 0 Å². The van der Waals surface area contributed by atoms with Crippen molar-refractivity contribution >= 4 is 17.4 Å². The molecule has 4 rings (SSSR count). The second kappa shape index (κ2) is 7.80. The van der Waals surface area contributed by atoms with E-state index in [0.29, 0.717) is 12.2 Å². The Morgan fingerprint density at radius 3 is 2.71 bits per heavy atom. The second-order valence-electron chi connectivity index (χ2n) is 7.19. The van der Waals surface area contributed by atoms with Crippen molar-refractivity contribution in [2.45, 2.75) is 39.0 Å². The molecule has 0 fully saturated rings. The summed E-state index contributed by atoms with van der Waals surface area (Å²) in [5, 5.41) is 2.99. The van der Waals surface area contributed by atoms with E-state index in [9.17, 15) is 4.79 Å². The van der Waals surface area contributed by atoms with Crippen LogP contribution in [0.25, 0.3) is 11.3 Å². The number of aryl methyl sites for hydroxylation is 3. The molecular formula is C23H24N4O. The van der Waals surface area contributed by atoms with Crippen LogP contribution in [0, 0.1) is 0 Å². The molecule has 0 bridgehead atoms. The number of nitrogens with one attached hydrogen (secondary N) is 1. The quantitative estimate of drug-likeness (QED) is 0.664. The molecule has 0 aliphatic heterocycles. The number of nitrogens with two attached hydrogens (primary N) is 1. The number of nitrogen functional groups attached to an aromatic ring is 1. The third-order valence-electron chi connectivity index (χ3n) is 5.01. The monoisotopic (exact) mass is 372 g/mol. The molecular weight excluding hydrogens is 348 g/mol. The van der Waals surface area contributed by atoms with Gasteiger partial charge < -0.3 is 11.1 Å². The van der Waals surface area contributed by atoms with Crippen molar-refractivity contribution in [2.24, 2.45) is 0 Å². The molecule has 0 saturated heterocycles. The number of carbonyl (C=O) groups is 1. The summed E-state index contributed by atoms with van der Waals surface area (Å²) < 4.78 is 0. The summed E-state index contributed by atoms with van der Waals surface area (Å²) in [6, 6.07) is 15.7. The first-order chi connectivity index (χ1) is 13.6. The number of hydrogen-bond donors (Lipinski definition) is 2. The van der Waals surface area contributed by atoms with Crippen LogP contribution in [0.3, 0.4) is 0 Å². The first kappa shape index (κ1) is 18.2. The molecule has 1 aliphatic rings. The van der Waals surface area contributed by atoms with Crippen LogP contribution in [0.2, 0.25) is 0 Å². The van der Waals surface area contributed by atoms with Crippen LogP contribution in [0.15, 0.2) is 48.5 Å². The molecule has 1 aromatic heterocycles. The van der Waals surface area contributed by atoms with Gasteiger partial charge in [-0.05, 0) is 42.5 Å². The number of anilines is 2. The summed E-state index contributed by atoms with van der Waals surface area (Å²) >= 11 is 0. The van der Waals surface area contributed by atoms with E-state index >= 15 is 0 Å². The number of aromatic nitrogens is 2. The Labute approximate surface area is 165 Å². The Morgan fingerprint density at radius 2 is 1.93 bits per heavy atom. The van der Waals surface area contributed by atoms with E-state index in [0.717, 1.165) is 59.6 Å². The minimum absolute atomic E-state index is 0.0678. The second-order valence-corrected chi connectivity index (χ2v) is 7.19. The number of nitrogens with zero attached hydrogens (tertiary/aromatic N) is 2. The molecule has 1 aliphatic carbocycles. The molecule has 1 amide bonds. The van der Waals surface area contributed by atoms with Gasteiger partial charge in [0.1, 0.15) is 0 Å². The summed E-state index contributed by atoms with van der Waals surface area (Å²) in [6.07, 6.45) is 3.71. The van der Waals surface area contributed by atoms with Crippen LogP contribution in [-0.4, -0.2) is 15.9 Å². The lowest BCUT2D eigenvalue weighted by Gasteiger charge is -2.21. The molecule has 2 aromatic carbocycles. The van der Waals surface area contributed by atoms with Crippen LogP contribution < -0.4 is 11.1 Å². The topological polar surface area (TPSA) is 80.9 Å². The van der Waals surface area contributed by atoms with E-state index in [1.54, 1.807) is 0 Å². The molecule has 0 spiro atoms. The lowest BCUT2D eigenvalue weighted by Crippen LogP contribution is -2.19. The fourth-order valence-electron chi connectivity index (χ4n) is 3.67. The minimum Gasteiger partial charge on any atom is -0.399 e. The molecule has 5 heteroatoms. The number of amides is 1. The third kappa shape index (κ3) is 3.74. The number of benzene rings is 2. The van der Waals surface area contributed by atoms with Gasteiger partial charge in [0.2, 0.25) is 5.91 Å². The van der Waals surface area contributed by atoms with Gasteiger partial charge in [-0.2, -0.15) is 0 Å². The van der Waals surface area contributed by atoms with Gasteiger partial charge in [0.15, 0.2) is 5.82 Å². The maximum absolute atomic E-state index is 12.5. The van der Waals surface area contributed by atoms with Crippen molar-refractivity contribution in [3.8, 4) is 11.3 Å². The molecule has 5 nitrogen and oxygen atoms in total. The third-order valence-corrected chi connectivity index (χ3v) is 5.01. The van der Waals surface area contributed by atoms with Gasteiger partial charge in [-0.1, -0.05) is 49.7 Å². The molecule has 0 atom stereocenters. The number of hydrogen-bond acceptors (Lipinski definition) is 4. The van der Waals surface area contributed by atoms with E-state index in [4.69, 9.17) is 15.7 Å². The number of carbonyl (C=O) groups excluding carboxylic acids is 1. The normalized spacial score (nSPS) is 12.2. The fourth-order valence-corrected chi connectivity index (χ4v) is 3.67. The standard InChI is InChI=1S/C23H24N4O/c1-2-6-20-23(27-21(28)13-15-7-4-3-5-8-15)26-19-12-9-16-14-17(24)10-11-18(16)22(19)25-20/h3-5,7-8,10-11,14H,2,6,9,12-13,24H2,1H3,(H,26,27,28). The van der Waals surface area contributed by atoms with E-state index in [1.807, 2.05) is 48.5 Å². The molecule has 3 aromatic rings. The van der Waals surface area contributed by atoms with Gasteiger partial charge in [-0.25, -0.2) is 9.97 Å². The van der Waals surface area contributed by atoms with Crippen LogP contribution in [0.1, 0.15) is 35.9 Å². The summed E-state index contributed by atoms with van der Waals surface area (Å²) in [5.74, 6) is 0.530. The van der Waals surface area contributed by atoms with Crippen LogP contribution in [0.4, 0.5) is 11.5 Å². The lowest BCUT2D eigenvalue weighted by atomic mass is 9.91. The highest BCUT2D eigenvalue weighted by molar-refractivity contribution is 5.92. The minimum atomic E-state index is -0.0678. The largest absolute Gasteiger partial charge is 0.399 e. The van der Waals surface area contributed by atoms with Gasteiger partial charge in [0, 0.05) is 11.3 Å². The van der Waals surface area contributed by atoms with Crippen molar-refractivity contribution in [3.05, 3.63) is 71.0 Å². The van der Waals surface area contributed by atoms with Crippen LogP contribution >= 0.6 is 0 Å². The highest BCUT2D eigenvalue weighted by Crippen LogP contribution is 2.34. The molecule has 1 heterocycles. The Balaban J connectivity index is 1.65. The first-order valence-corrected chi connectivity index (χ1v) is 9.76. The highest BCUT2D eigenvalue weighted by atomic mass is 16.1. The van der Waals surface area contributed by atoms with Gasteiger partial charge in [0.25, 0.3) is 0 Å². The zero-order valence-electron chi connectivity index (χ0n) is 16.0. The first-order valence-electron chi connectivity index (χ1n) is 9.76. The summed E-state index contributed by atoms with van der Waals surface area (Å²) in [4.78, 5) is 22.3. The van der Waals surface area contributed by atoms with Crippen molar-refractivity contribution in [2.75, 3.05) is 11.1 Å². The van der Waals surface area contributed by atoms with E-state index in [1.165, 1.54) is 5.56 Å². The Morgan fingerprint density at radius 1 is 1.11 bits per heavy atom. The lowest BCUT2D eigenvalue weighted by molar-refractivity contribution is -0.115. The van der Waals surface area contributed by atoms with E-state index in [2.05, 4.69) is 12.2 Å². The number of fused-ring (bicyclic) bond motifs is 3. The average molecular weight is 372 g/mol. The maximum Gasteiger partial charge on any atom is 0.229 e. The Kier molecular flexibility index (Phi) is 5.06. The Bertz CT molecular complexity index is 1010. The number of rotatable bonds is 5. The van der Waals surface area contributed by atoms with Crippen molar-refractivity contribution in [3.63, 3.8) is 0 Å². The highest BCUT2D eigenvalue weighted by Gasteiger charge is 2.22. The Hall–Kier alpha value is -3.21. The SMILES string of the molecule is CCCc1nc2c(nc1NC(=O)Cc1ccccc1)CCc1cc(N)ccc1-2. The molecule has 28 heavy (non-hydrogen) atoms. The van der Waals surface area contributed by atoms with E-state index < -0.39 is 0 Å². The summed E-state index contributed by atoms with van der Waals surface area (Å²) in [7, 11) is 0. The molecule has 142 valence electrons. The van der Waals surface area contributed by atoms with Crippen LogP contribution in [0.5, 0.6) is 0 Å². The predicted molar refractivity (Wildman–Crippen MR) is 112 cm³/mol. The summed E-state index contributed by atoms with van der Waals surface area (Å²) in [6.45, 7) is 2.10. The average Bonchev–Trinajstić information content (AvgIpc) is 2.69. The zero-order chi connectivity index (χ0) is 19.5. The maximum atomic E-state index is 12.5. The predicted octanol–water partition coefficient (Wildman–Crippen LogP) is 3.96. The van der Waals surface area contributed by atoms with Crippen molar-refractivity contribution < 1.29 is 4.79 Å². The van der Waals surface area contributed by atoms with Gasteiger partial charge >= 0.3 is 0 Å². The van der Waals surface area contributed by atoms with Gasteiger partial charge in [-0.15, -0.1) is 0 Å². The van der Waals surface area contributed by atoms with Gasteiger partial charge in [-0.3, -0.25) is 4.79 Å². The molecule has 3 N–H and O–H groups in total. The van der Waals surface area contributed by atoms with Crippen molar-refractivity contribution in [1.82, 2.24) is 9.97 Å². The zero-order valence-corrected chi connectivity index (χ0v) is 16.0. The molecule has 0 unspecified atom stereocenters. The smallest absolute Gasteiger partial charge is 0.229 e. The molecule has 0 saturated carbocycles. The van der Waals surface area contributed by atoms with E-state index in [-0.39, 0.29) is 5.91 Å². The van der Waals surface area contributed by atoms with Gasteiger partial charge in [0.05, 0.1) is 23.5 Å². The summed E-state index contributed by atoms with van der Waals surface area (Å²) in [5.41, 5.74) is 12.7. The van der Waals surface area contributed by atoms with Crippen LogP contribution in [-0.2, 0) is 30.5 Å². The molecule has 0 radical (unpaired) electrons.